The number of hydrogen-bond acceptors (Lipinski definition) is 6. The Morgan fingerprint density at radius 1 is 1.25 bits per heavy atom. The van der Waals surface area contributed by atoms with Crippen molar-refractivity contribution in [2.45, 2.75) is 35.3 Å². The molecular formula is C11H19Cl3N6. The monoisotopic (exact) mass is 340 g/mol. The van der Waals surface area contributed by atoms with Crippen LogP contribution in [0.25, 0.3) is 0 Å². The minimum Gasteiger partial charge on any atom is -0.370 e. The fourth-order valence-electron chi connectivity index (χ4n) is 2.42. The predicted molar refractivity (Wildman–Crippen MR) is 84.3 cm³/mol. The molecule has 0 aromatic carbocycles. The molecule has 0 aromatic heterocycles. The Kier molecular flexibility index (Phi) is 5.02. The van der Waals surface area contributed by atoms with Gasteiger partial charge in [-0.25, -0.2) is 9.98 Å². The number of hydrogen-bond donors (Lipinski definition) is 3. The zero-order valence-corrected chi connectivity index (χ0v) is 13.3. The van der Waals surface area contributed by atoms with Crippen LogP contribution >= 0.6 is 34.8 Å². The first-order chi connectivity index (χ1) is 9.28. The Morgan fingerprint density at radius 2 is 1.90 bits per heavy atom. The van der Waals surface area contributed by atoms with Crippen LogP contribution in [0.15, 0.2) is 9.98 Å². The van der Waals surface area contributed by atoms with Crippen molar-refractivity contribution < 1.29 is 0 Å². The molecule has 0 bridgehead atoms. The largest absolute Gasteiger partial charge is 0.370 e. The van der Waals surface area contributed by atoms with E-state index in [1.54, 1.807) is 0 Å². The smallest absolute Gasteiger partial charge is 0.247 e. The zero-order chi connectivity index (χ0) is 14.8. The van der Waals surface area contributed by atoms with Crippen molar-refractivity contribution in [3.63, 3.8) is 0 Å². The van der Waals surface area contributed by atoms with Gasteiger partial charge in [-0.05, 0) is 38.9 Å². The van der Waals surface area contributed by atoms with Crippen molar-refractivity contribution in [3.05, 3.63) is 0 Å². The molecule has 20 heavy (non-hydrogen) atoms. The number of amidine groups is 1. The summed E-state index contributed by atoms with van der Waals surface area (Å²) in [6.07, 6.45) is 3.94. The Balaban J connectivity index is 1.96. The van der Waals surface area contributed by atoms with Gasteiger partial charge in [0.05, 0.1) is 0 Å². The molecule has 1 saturated heterocycles. The number of nitrogens with one attached hydrogen (secondary N) is 1. The van der Waals surface area contributed by atoms with Crippen LogP contribution in [0.3, 0.4) is 0 Å². The Labute approximate surface area is 133 Å². The van der Waals surface area contributed by atoms with Gasteiger partial charge in [-0.15, -0.1) is 0 Å². The first-order valence-corrected chi connectivity index (χ1v) is 7.72. The van der Waals surface area contributed by atoms with Gasteiger partial charge in [0.25, 0.3) is 0 Å². The number of nitrogens with zero attached hydrogens (tertiary/aromatic N) is 3. The lowest BCUT2D eigenvalue weighted by Crippen LogP contribution is -2.53. The number of halogens is 3. The van der Waals surface area contributed by atoms with E-state index in [2.05, 4.69) is 20.2 Å². The van der Waals surface area contributed by atoms with Crippen LogP contribution in [0.4, 0.5) is 0 Å². The second-order valence-corrected chi connectivity index (χ2v) is 7.39. The molecule has 5 N–H and O–H groups in total. The summed E-state index contributed by atoms with van der Waals surface area (Å²) in [6.45, 7) is 3.26. The van der Waals surface area contributed by atoms with Crippen LogP contribution in [0, 0.1) is 0 Å². The molecule has 1 atom stereocenters. The van der Waals surface area contributed by atoms with Crippen LogP contribution in [0.5, 0.6) is 0 Å². The second-order valence-electron chi connectivity index (χ2n) is 5.11. The molecular weight excluding hydrogens is 323 g/mol. The van der Waals surface area contributed by atoms with Gasteiger partial charge < -0.3 is 16.0 Å². The number of guanidine groups is 1. The van der Waals surface area contributed by atoms with Crippen molar-refractivity contribution in [2.24, 2.45) is 21.5 Å². The summed E-state index contributed by atoms with van der Waals surface area (Å²) in [5.74, 6) is -0.933. The molecule has 2 heterocycles. The van der Waals surface area contributed by atoms with Gasteiger partial charge in [-0.1, -0.05) is 34.8 Å². The van der Waals surface area contributed by atoms with Crippen molar-refractivity contribution in [2.75, 3.05) is 19.6 Å². The van der Waals surface area contributed by atoms with Crippen LogP contribution < -0.4 is 16.8 Å². The van der Waals surface area contributed by atoms with E-state index in [1.807, 2.05) is 0 Å². The van der Waals surface area contributed by atoms with E-state index in [0.717, 1.165) is 26.1 Å². The van der Waals surface area contributed by atoms with E-state index in [0.29, 0.717) is 6.42 Å². The van der Waals surface area contributed by atoms with Gasteiger partial charge in [0.1, 0.15) is 0 Å². The van der Waals surface area contributed by atoms with Crippen LogP contribution in [0.1, 0.15) is 25.7 Å². The molecule has 2 aliphatic rings. The second kappa shape index (κ2) is 6.23. The summed E-state index contributed by atoms with van der Waals surface area (Å²) >= 11 is 17.4. The molecule has 2 aliphatic heterocycles. The highest BCUT2D eigenvalue weighted by molar-refractivity contribution is 6.77. The number of likely N-dealkylation sites (tertiary alicyclic amines) is 1. The Morgan fingerprint density at radius 3 is 2.50 bits per heavy atom. The van der Waals surface area contributed by atoms with E-state index in [-0.39, 0.29) is 11.8 Å². The maximum Gasteiger partial charge on any atom is 0.247 e. The minimum absolute atomic E-state index is 0.110. The number of aliphatic imine (C=N–C) groups is 2. The quantitative estimate of drug-likeness (QED) is 0.669. The number of rotatable bonds is 4. The topological polar surface area (TPSA) is 92.0 Å². The normalized spacial score (nSPS) is 28.0. The van der Waals surface area contributed by atoms with E-state index in [4.69, 9.17) is 46.3 Å². The fraction of sp³-hybridized carbons (Fsp3) is 0.818. The zero-order valence-electron chi connectivity index (χ0n) is 11.1. The predicted octanol–water partition coefficient (Wildman–Crippen LogP) is 1.16. The van der Waals surface area contributed by atoms with E-state index < -0.39 is 9.58 Å². The molecule has 0 saturated carbocycles. The molecule has 114 valence electrons. The third-order valence-corrected chi connectivity index (χ3v) is 3.89. The standard InChI is InChI=1S/C11H19Cl3N6/c12-11(13,14)8-17-9(15)19-10(16,18-8)4-3-7-20-5-1-2-6-20/h1-7,16H2,(H3,15,17,18,19). The van der Waals surface area contributed by atoms with Crippen molar-refractivity contribution in [1.82, 2.24) is 10.2 Å². The highest BCUT2D eigenvalue weighted by atomic mass is 35.6. The Hall–Kier alpha value is -0.270. The van der Waals surface area contributed by atoms with Crippen molar-refractivity contribution in [3.8, 4) is 0 Å². The number of alkyl halides is 3. The van der Waals surface area contributed by atoms with Crippen LogP contribution in [-0.2, 0) is 0 Å². The lowest BCUT2D eigenvalue weighted by atomic mass is 10.2. The summed E-state index contributed by atoms with van der Waals surface area (Å²) in [5.41, 5.74) is 11.8. The van der Waals surface area contributed by atoms with Crippen molar-refractivity contribution in [1.29, 1.82) is 0 Å². The Bertz CT molecular complexity index is 413. The summed E-state index contributed by atoms with van der Waals surface area (Å²) in [7, 11) is 0. The number of nitrogens with two attached hydrogens (primary N) is 2. The molecule has 1 unspecified atom stereocenters. The summed E-state index contributed by atoms with van der Waals surface area (Å²) in [4.78, 5) is 10.7. The summed E-state index contributed by atoms with van der Waals surface area (Å²) < 4.78 is -1.69. The fourth-order valence-corrected chi connectivity index (χ4v) is 2.69. The molecule has 0 aromatic rings. The average molecular weight is 342 g/mol. The molecule has 0 radical (unpaired) electrons. The van der Waals surface area contributed by atoms with Crippen LogP contribution in [0.2, 0.25) is 0 Å². The molecule has 0 aliphatic carbocycles. The summed E-state index contributed by atoms with van der Waals surface area (Å²) in [6, 6.07) is 0. The van der Waals surface area contributed by atoms with Crippen molar-refractivity contribution >= 4 is 46.6 Å². The SMILES string of the molecule is NC1=NC(N)(CCCN2CCCC2)N=C(C(Cl)(Cl)Cl)N1. The minimum atomic E-state index is -1.69. The average Bonchev–Trinajstić information content (AvgIpc) is 2.79. The van der Waals surface area contributed by atoms with Gasteiger partial charge in [-0.3, -0.25) is 5.73 Å². The van der Waals surface area contributed by atoms with E-state index in [1.165, 1.54) is 12.8 Å². The molecule has 2 rings (SSSR count). The summed E-state index contributed by atoms with van der Waals surface area (Å²) in [5, 5.41) is 2.63. The van der Waals surface area contributed by atoms with E-state index in [9.17, 15) is 0 Å². The van der Waals surface area contributed by atoms with Gasteiger partial charge in [0.2, 0.25) is 9.58 Å². The van der Waals surface area contributed by atoms with Gasteiger partial charge in [-0.2, -0.15) is 0 Å². The molecule has 1 fully saturated rings. The molecule has 6 nitrogen and oxygen atoms in total. The first kappa shape index (κ1) is 16.1. The maximum absolute atomic E-state index is 6.13. The third-order valence-electron chi connectivity index (χ3n) is 3.35. The highest BCUT2D eigenvalue weighted by Gasteiger charge is 2.36. The molecule has 9 heteroatoms. The molecule has 0 amide bonds. The van der Waals surface area contributed by atoms with Gasteiger partial charge >= 0.3 is 0 Å². The van der Waals surface area contributed by atoms with Gasteiger partial charge in [0.15, 0.2) is 11.8 Å². The van der Waals surface area contributed by atoms with Gasteiger partial charge in [0, 0.05) is 6.42 Å². The molecule has 0 spiro atoms. The highest BCUT2D eigenvalue weighted by Crippen LogP contribution is 2.30. The lowest BCUT2D eigenvalue weighted by Gasteiger charge is -2.30. The van der Waals surface area contributed by atoms with E-state index >= 15 is 0 Å². The lowest BCUT2D eigenvalue weighted by molar-refractivity contribution is 0.305. The first-order valence-electron chi connectivity index (χ1n) is 6.59. The third kappa shape index (κ3) is 4.36. The van der Waals surface area contributed by atoms with Crippen LogP contribution in [-0.4, -0.2) is 45.9 Å². The maximum atomic E-state index is 6.13.